The molecule has 0 aliphatic heterocycles. The molecule has 0 radical (unpaired) electrons. The van der Waals surface area contributed by atoms with Crippen molar-refractivity contribution >= 4 is 5.96 Å². The highest BCUT2D eigenvalue weighted by atomic mass is 16.5. The Morgan fingerprint density at radius 3 is 2.53 bits per heavy atom. The SMILES string of the molecule is CCNC(=NCc1cccc(OCCN(C)CCOC)c1)NC(C)CCCN(CC)CC. The minimum Gasteiger partial charge on any atom is -0.492 e. The number of hydrogen-bond donors (Lipinski definition) is 2. The molecule has 0 fully saturated rings. The third-order valence-electron chi connectivity index (χ3n) is 5.47. The van der Waals surface area contributed by atoms with Gasteiger partial charge < -0.3 is 29.9 Å². The van der Waals surface area contributed by atoms with Crippen molar-refractivity contribution in [1.29, 1.82) is 0 Å². The summed E-state index contributed by atoms with van der Waals surface area (Å²) in [6.07, 6.45) is 2.32. The van der Waals surface area contributed by atoms with Gasteiger partial charge >= 0.3 is 0 Å². The van der Waals surface area contributed by atoms with Crippen LogP contribution in [0, 0.1) is 0 Å². The van der Waals surface area contributed by atoms with E-state index >= 15 is 0 Å². The van der Waals surface area contributed by atoms with E-state index < -0.39 is 0 Å². The van der Waals surface area contributed by atoms with Gasteiger partial charge in [-0.15, -0.1) is 0 Å². The van der Waals surface area contributed by atoms with Crippen LogP contribution in [0.4, 0.5) is 0 Å². The van der Waals surface area contributed by atoms with Gasteiger partial charge in [0.2, 0.25) is 0 Å². The minimum absolute atomic E-state index is 0.383. The molecule has 0 aromatic heterocycles. The van der Waals surface area contributed by atoms with Gasteiger partial charge in [0.1, 0.15) is 12.4 Å². The first-order valence-corrected chi connectivity index (χ1v) is 12.2. The van der Waals surface area contributed by atoms with Crippen LogP contribution in [0.25, 0.3) is 0 Å². The standard InChI is InChI=1S/C25H47N5O2/c1-7-26-25(28-22(4)12-11-15-30(8-2)9-3)27-21-23-13-10-14-24(20-23)32-19-17-29(5)16-18-31-6/h10,13-14,20,22H,7-9,11-12,15-19,21H2,1-6H3,(H2,26,27,28). The van der Waals surface area contributed by atoms with Crippen LogP contribution < -0.4 is 15.4 Å². The second kappa shape index (κ2) is 17.7. The third kappa shape index (κ3) is 12.9. The number of likely N-dealkylation sites (N-methyl/N-ethyl adjacent to an activating group) is 1. The fraction of sp³-hybridized carbons (Fsp3) is 0.720. The lowest BCUT2D eigenvalue weighted by Gasteiger charge is -2.21. The smallest absolute Gasteiger partial charge is 0.191 e. The van der Waals surface area contributed by atoms with Gasteiger partial charge in [0.15, 0.2) is 5.96 Å². The van der Waals surface area contributed by atoms with Gasteiger partial charge in [0.25, 0.3) is 0 Å². The Bertz CT molecular complexity index is 622. The van der Waals surface area contributed by atoms with Crippen LogP contribution in [-0.2, 0) is 11.3 Å². The minimum atomic E-state index is 0.383. The number of guanidine groups is 1. The number of methoxy groups -OCH3 is 1. The summed E-state index contributed by atoms with van der Waals surface area (Å²) < 4.78 is 11.0. The van der Waals surface area contributed by atoms with Crippen molar-refractivity contribution in [3.8, 4) is 5.75 Å². The van der Waals surface area contributed by atoms with Crippen LogP contribution in [0.15, 0.2) is 29.3 Å². The number of nitrogens with one attached hydrogen (secondary N) is 2. The number of aliphatic imine (C=N–C) groups is 1. The molecule has 0 saturated carbocycles. The topological polar surface area (TPSA) is 61.4 Å². The first-order chi connectivity index (χ1) is 15.5. The lowest BCUT2D eigenvalue weighted by atomic mass is 10.2. The number of ether oxygens (including phenoxy) is 2. The molecule has 0 bridgehead atoms. The average Bonchev–Trinajstić information content (AvgIpc) is 2.79. The number of hydrogen-bond acceptors (Lipinski definition) is 5. The fourth-order valence-corrected chi connectivity index (χ4v) is 3.37. The van der Waals surface area contributed by atoms with Crippen LogP contribution in [0.5, 0.6) is 5.75 Å². The molecule has 32 heavy (non-hydrogen) atoms. The van der Waals surface area contributed by atoms with Gasteiger partial charge in [-0.3, -0.25) is 0 Å². The second-order valence-electron chi connectivity index (χ2n) is 8.20. The van der Waals surface area contributed by atoms with Crippen molar-refractivity contribution in [3.63, 3.8) is 0 Å². The Labute approximate surface area is 196 Å². The van der Waals surface area contributed by atoms with E-state index in [-0.39, 0.29) is 0 Å². The molecule has 0 aliphatic rings. The van der Waals surface area contributed by atoms with Gasteiger partial charge in [0.05, 0.1) is 13.2 Å². The van der Waals surface area contributed by atoms with E-state index in [1.807, 2.05) is 12.1 Å². The molecular weight excluding hydrogens is 402 g/mol. The summed E-state index contributed by atoms with van der Waals surface area (Å²) >= 11 is 0. The molecule has 7 heteroatoms. The van der Waals surface area contributed by atoms with E-state index in [0.717, 1.165) is 69.6 Å². The molecule has 1 aromatic carbocycles. The average molecular weight is 450 g/mol. The Kier molecular flexibility index (Phi) is 15.6. The van der Waals surface area contributed by atoms with Crippen molar-refractivity contribution < 1.29 is 9.47 Å². The van der Waals surface area contributed by atoms with Gasteiger partial charge in [-0.2, -0.15) is 0 Å². The zero-order valence-electron chi connectivity index (χ0n) is 21.3. The first kappa shape index (κ1) is 28.2. The molecule has 0 amide bonds. The molecule has 1 unspecified atom stereocenters. The number of nitrogens with zero attached hydrogens (tertiary/aromatic N) is 3. The van der Waals surface area contributed by atoms with Crippen molar-refractivity contribution in [2.75, 3.05) is 66.6 Å². The van der Waals surface area contributed by atoms with Crippen LogP contribution in [0.2, 0.25) is 0 Å². The largest absolute Gasteiger partial charge is 0.492 e. The summed E-state index contributed by atoms with van der Waals surface area (Å²) in [6, 6.07) is 8.59. The van der Waals surface area contributed by atoms with Crippen LogP contribution in [0.1, 0.15) is 46.1 Å². The monoisotopic (exact) mass is 449 g/mol. The highest BCUT2D eigenvalue weighted by Gasteiger charge is 2.07. The van der Waals surface area contributed by atoms with Crippen LogP contribution in [0.3, 0.4) is 0 Å². The van der Waals surface area contributed by atoms with Crippen molar-refractivity contribution in [3.05, 3.63) is 29.8 Å². The molecule has 1 atom stereocenters. The van der Waals surface area contributed by atoms with Gasteiger partial charge in [0, 0.05) is 32.8 Å². The van der Waals surface area contributed by atoms with Gasteiger partial charge in [-0.25, -0.2) is 4.99 Å². The van der Waals surface area contributed by atoms with E-state index in [1.54, 1.807) is 7.11 Å². The molecular formula is C25H47N5O2. The molecule has 184 valence electrons. The fourth-order valence-electron chi connectivity index (χ4n) is 3.37. The zero-order valence-corrected chi connectivity index (χ0v) is 21.3. The number of rotatable bonds is 17. The molecule has 0 heterocycles. The maximum absolute atomic E-state index is 5.93. The quantitative estimate of drug-likeness (QED) is 0.281. The van der Waals surface area contributed by atoms with Crippen molar-refractivity contribution in [1.82, 2.24) is 20.4 Å². The third-order valence-corrected chi connectivity index (χ3v) is 5.47. The predicted molar refractivity (Wildman–Crippen MR) is 136 cm³/mol. The highest BCUT2D eigenvalue weighted by Crippen LogP contribution is 2.14. The molecule has 1 rings (SSSR count). The Morgan fingerprint density at radius 2 is 1.84 bits per heavy atom. The van der Waals surface area contributed by atoms with E-state index in [1.165, 1.54) is 6.42 Å². The lowest BCUT2D eigenvalue weighted by molar-refractivity contribution is 0.150. The summed E-state index contributed by atoms with van der Waals surface area (Å²) in [7, 11) is 3.80. The van der Waals surface area contributed by atoms with Crippen LogP contribution >= 0.6 is 0 Å². The van der Waals surface area contributed by atoms with Gasteiger partial charge in [-0.1, -0.05) is 26.0 Å². The van der Waals surface area contributed by atoms with Gasteiger partial charge in [-0.05, 0) is 71.1 Å². The van der Waals surface area contributed by atoms with E-state index in [2.05, 4.69) is 67.3 Å². The summed E-state index contributed by atoms with van der Waals surface area (Å²) in [6.45, 7) is 16.8. The second-order valence-corrected chi connectivity index (χ2v) is 8.20. The summed E-state index contributed by atoms with van der Waals surface area (Å²) in [5.41, 5.74) is 1.14. The Hall–Kier alpha value is -1.83. The predicted octanol–water partition coefficient (Wildman–Crippen LogP) is 3.21. The Morgan fingerprint density at radius 1 is 1.09 bits per heavy atom. The maximum atomic E-state index is 5.93. The molecule has 7 nitrogen and oxygen atoms in total. The van der Waals surface area contributed by atoms with E-state index in [9.17, 15) is 0 Å². The first-order valence-electron chi connectivity index (χ1n) is 12.2. The normalized spacial score (nSPS) is 12.9. The van der Waals surface area contributed by atoms with Crippen LogP contribution in [-0.4, -0.2) is 88.4 Å². The molecule has 1 aromatic rings. The van der Waals surface area contributed by atoms with E-state index in [0.29, 0.717) is 19.2 Å². The van der Waals surface area contributed by atoms with E-state index in [4.69, 9.17) is 14.5 Å². The molecule has 0 saturated heterocycles. The molecule has 0 spiro atoms. The Balaban J connectivity index is 2.51. The summed E-state index contributed by atoms with van der Waals surface area (Å²) in [4.78, 5) is 9.46. The summed E-state index contributed by atoms with van der Waals surface area (Å²) in [5, 5.41) is 6.91. The van der Waals surface area contributed by atoms with Crippen molar-refractivity contribution in [2.45, 2.75) is 53.1 Å². The summed E-state index contributed by atoms with van der Waals surface area (Å²) in [5.74, 6) is 1.76. The molecule has 2 N–H and O–H groups in total. The maximum Gasteiger partial charge on any atom is 0.191 e. The number of benzene rings is 1. The lowest BCUT2D eigenvalue weighted by Crippen LogP contribution is -2.42. The molecule has 0 aliphatic carbocycles. The highest BCUT2D eigenvalue weighted by molar-refractivity contribution is 5.80. The zero-order chi connectivity index (χ0) is 23.6. The van der Waals surface area contributed by atoms with Crippen molar-refractivity contribution in [2.24, 2.45) is 4.99 Å².